The Bertz CT molecular complexity index is 371. The maximum Gasteiger partial charge on any atom is 0.170 e. The average Bonchev–Trinajstić information content (AvgIpc) is 2.19. The molecule has 0 aliphatic carbocycles. The van der Waals surface area contributed by atoms with Crippen LogP contribution in [0.3, 0.4) is 0 Å². The molecule has 0 saturated heterocycles. The van der Waals surface area contributed by atoms with Crippen molar-refractivity contribution in [2.75, 3.05) is 5.73 Å². The minimum atomic E-state index is -1.45. The summed E-state index contributed by atoms with van der Waals surface area (Å²) in [6.07, 6.45) is -2.70. The van der Waals surface area contributed by atoms with Gasteiger partial charge in [-0.25, -0.2) is 0 Å². The van der Waals surface area contributed by atoms with Gasteiger partial charge in [0.15, 0.2) is 6.10 Å². The summed E-state index contributed by atoms with van der Waals surface area (Å²) in [6, 6.07) is 6.65. The average molecular weight is 192 g/mol. The molecular weight excluding hydrogens is 180 g/mol. The van der Waals surface area contributed by atoms with E-state index in [0.717, 1.165) is 5.56 Å². The lowest BCUT2D eigenvalue weighted by Crippen LogP contribution is -2.17. The molecule has 0 aromatic heterocycles. The molecule has 2 unspecified atom stereocenters. The van der Waals surface area contributed by atoms with E-state index < -0.39 is 12.2 Å². The summed E-state index contributed by atoms with van der Waals surface area (Å²) in [5.74, 6) is 0. The molecule has 4 N–H and O–H groups in total. The van der Waals surface area contributed by atoms with Crippen molar-refractivity contribution in [1.82, 2.24) is 0 Å². The maximum absolute atomic E-state index is 9.54. The minimum Gasteiger partial charge on any atom is -0.398 e. The van der Waals surface area contributed by atoms with Gasteiger partial charge in [0.25, 0.3) is 0 Å². The van der Waals surface area contributed by atoms with Gasteiger partial charge < -0.3 is 15.9 Å². The molecule has 14 heavy (non-hydrogen) atoms. The monoisotopic (exact) mass is 192 g/mol. The lowest BCUT2D eigenvalue weighted by Gasteiger charge is -2.14. The van der Waals surface area contributed by atoms with Crippen molar-refractivity contribution in [2.45, 2.75) is 19.1 Å². The molecule has 0 fully saturated rings. The van der Waals surface area contributed by atoms with Crippen molar-refractivity contribution in [1.29, 1.82) is 5.26 Å². The van der Waals surface area contributed by atoms with Crippen molar-refractivity contribution in [2.24, 2.45) is 0 Å². The molecule has 0 aliphatic heterocycles. The van der Waals surface area contributed by atoms with E-state index >= 15 is 0 Å². The van der Waals surface area contributed by atoms with Gasteiger partial charge in [-0.3, -0.25) is 0 Å². The van der Waals surface area contributed by atoms with Gasteiger partial charge in [0, 0.05) is 11.3 Å². The molecule has 4 heteroatoms. The third kappa shape index (κ3) is 2.02. The van der Waals surface area contributed by atoms with Crippen LogP contribution in [-0.4, -0.2) is 16.3 Å². The summed E-state index contributed by atoms with van der Waals surface area (Å²) in [4.78, 5) is 0. The molecular formula is C10H12N2O2. The van der Waals surface area contributed by atoms with Gasteiger partial charge in [-0.05, 0) is 13.0 Å². The van der Waals surface area contributed by atoms with Crippen LogP contribution >= 0.6 is 0 Å². The predicted octanol–water partition coefficient (Wildman–Crippen LogP) is 0.495. The normalized spacial score (nSPS) is 14.4. The predicted molar refractivity (Wildman–Crippen MR) is 52.2 cm³/mol. The van der Waals surface area contributed by atoms with Gasteiger partial charge in [-0.2, -0.15) is 5.26 Å². The molecule has 1 aromatic rings. The van der Waals surface area contributed by atoms with Gasteiger partial charge in [0.05, 0.1) is 6.07 Å². The van der Waals surface area contributed by atoms with Gasteiger partial charge in [0.1, 0.15) is 6.10 Å². The molecule has 0 saturated carbocycles. The summed E-state index contributed by atoms with van der Waals surface area (Å²) >= 11 is 0. The number of nitrogens with zero attached hydrogens (tertiary/aromatic N) is 1. The largest absolute Gasteiger partial charge is 0.398 e. The van der Waals surface area contributed by atoms with Crippen LogP contribution in [0.2, 0.25) is 0 Å². The Labute approximate surface area is 82.2 Å². The summed E-state index contributed by atoms with van der Waals surface area (Å²) < 4.78 is 0. The number of nitriles is 1. The van der Waals surface area contributed by atoms with Crippen molar-refractivity contribution in [3.63, 3.8) is 0 Å². The van der Waals surface area contributed by atoms with E-state index in [2.05, 4.69) is 0 Å². The van der Waals surface area contributed by atoms with Gasteiger partial charge in [-0.1, -0.05) is 17.7 Å². The van der Waals surface area contributed by atoms with E-state index in [9.17, 15) is 5.11 Å². The number of aliphatic hydroxyl groups excluding tert-OH is 2. The first-order valence-electron chi connectivity index (χ1n) is 4.18. The summed E-state index contributed by atoms with van der Waals surface area (Å²) in [6.45, 7) is 1.84. The number of benzene rings is 1. The smallest absolute Gasteiger partial charge is 0.170 e. The fourth-order valence-electron chi connectivity index (χ4n) is 1.19. The number of rotatable bonds is 2. The number of hydrogen-bond donors (Lipinski definition) is 3. The maximum atomic E-state index is 9.54. The first-order valence-corrected chi connectivity index (χ1v) is 4.18. The SMILES string of the molecule is Cc1ccc(N)c(C(O)C(O)C#N)c1. The third-order valence-corrected chi connectivity index (χ3v) is 1.99. The lowest BCUT2D eigenvalue weighted by molar-refractivity contribution is 0.0532. The molecule has 4 nitrogen and oxygen atoms in total. The number of aliphatic hydroxyl groups is 2. The molecule has 0 aliphatic rings. The highest BCUT2D eigenvalue weighted by atomic mass is 16.3. The summed E-state index contributed by atoms with van der Waals surface area (Å²) in [5, 5.41) is 27.1. The van der Waals surface area contributed by atoms with Gasteiger partial charge in [0.2, 0.25) is 0 Å². The highest BCUT2D eigenvalue weighted by Gasteiger charge is 2.19. The second-order valence-corrected chi connectivity index (χ2v) is 3.15. The van der Waals surface area contributed by atoms with E-state index in [0.29, 0.717) is 11.3 Å². The highest BCUT2D eigenvalue weighted by Crippen LogP contribution is 2.23. The van der Waals surface area contributed by atoms with Crippen molar-refractivity contribution in [3.8, 4) is 6.07 Å². The molecule has 1 rings (SSSR count). The second kappa shape index (κ2) is 4.09. The Kier molecular flexibility index (Phi) is 3.07. The van der Waals surface area contributed by atoms with E-state index in [4.69, 9.17) is 16.1 Å². The highest BCUT2D eigenvalue weighted by molar-refractivity contribution is 5.50. The van der Waals surface area contributed by atoms with E-state index in [-0.39, 0.29) is 0 Å². The molecule has 0 amide bonds. The Morgan fingerprint density at radius 3 is 2.64 bits per heavy atom. The Hall–Kier alpha value is -1.57. The van der Waals surface area contributed by atoms with Crippen LogP contribution in [0.5, 0.6) is 0 Å². The molecule has 0 radical (unpaired) electrons. The topological polar surface area (TPSA) is 90.3 Å². The number of nitrogens with two attached hydrogens (primary N) is 1. The number of nitrogen functional groups attached to an aromatic ring is 1. The van der Waals surface area contributed by atoms with E-state index in [1.807, 2.05) is 6.92 Å². The van der Waals surface area contributed by atoms with Crippen LogP contribution in [0.1, 0.15) is 17.2 Å². The number of hydrogen-bond acceptors (Lipinski definition) is 4. The van der Waals surface area contributed by atoms with Crippen LogP contribution in [0.15, 0.2) is 18.2 Å². The van der Waals surface area contributed by atoms with E-state index in [1.165, 1.54) is 0 Å². The molecule has 1 aromatic carbocycles. The van der Waals surface area contributed by atoms with Crippen molar-refractivity contribution >= 4 is 5.69 Å². The number of anilines is 1. The Morgan fingerprint density at radius 1 is 1.43 bits per heavy atom. The third-order valence-electron chi connectivity index (χ3n) is 1.99. The molecule has 0 heterocycles. The van der Waals surface area contributed by atoms with Crippen molar-refractivity contribution in [3.05, 3.63) is 29.3 Å². The molecule has 2 atom stereocenters. The Morgan fingerprint density at radius 2 is 2.07 bits per heavy atom. The quantitative estimate of drug-likeness (QED) is 0.470. The zero-order valence-electron chi connectivity index (χ0n) is 7.81. The first kappa shape index (κ1) is 10.5. The zero-order chi connectivity index (χ0) is 10.7. The van der Waals surface area contributed by atoms with Gasteiger partial charge in [-0.15, -0.1) is 0 Å². The zero-order valence-corrected chi connectivity index (χ0v) is 7.81. The first-order chi connectivity index (χ1) is 6.56. The van der Waals surface area contributed by atoms with Crippen LogP contribution in [0.25, 0.3) is 0 Å². The van der Waals surface area contributed by atoms with E-state index in [1.54, 1.807) is 24.3 Å². The fourth-order valence-corrected chi connectivity index (χ4v) is 1.19. The standard InChI is InChI=1S/C10H12N2O2/c1-6-2-3-8(12)7(4-6)10(14)9(13)5-11/h2-4,9-10,13-14H,12H2,1H3. The van der Waals surface area contributed by atoms with Gasteiger partial charge >= 0.3 is 0 Å². The summed E-state index contributed by atoms with van der Waals surface area (Å²) in [5.41, 5.74) is 7.28. The summed E-state index contributed by atoms with van der Waals surface area (Å²) in [7, 11) is 0. The molecule has 74 valence electrons. The van der Waals surface area contributed by atoms with Crippen LogP contribution in [0.4, 0.5) is 5.69 Å². The van der Waals surface area contributed by atoms with Crippen LogP contribution in [-0.2, 0) is 0 Å². The second-order valence-electron chi connectivity index (χ2n) is 3.15. The molecule has 0 bridgehead atoms. The lowest BCUT2D eigenvalue weighted by atomic mass is 10.0. The Balaban J connectivity index is 3.07. The van der Waals surface area contributed by atoms with Crippen LogP contribution < -0.4 is 5.73 Å². The van der Waals surface area contributed by atoms with Crippen molar-refractivity contribution < 1.29 is 10.2 Å². The van der Waals surface area contributed by atoms with Crippen LogP contribution in [0, 0.1) is 18.3 Å². The fraction of sp³-hybridized carbons (Fsp3) is 0.300. The molecule has 0 spiro atoms. The number of aryl methyl sites for hydroxylation is 1. The minimum absolute atomic E-state index is 0.373.